The minimum absolute atomic E-state index is 0.117. The van der Waals surface area contributed by atoms with Gasteiger partial charge in [-0.25, -0.2) is 0 Å². The number of rotatable bonds is 2. The Kier molecular flexibility index (Phi) is 3.60. The van der Waals surface area contributed by atoms with Crippen LogP contribution in [0, 0.1) is 5.92 Å². The molecule has 0 amide bonds. The number of carbonyl (C=O) groups excluding carboxylic acids is 1. The molecule has 1 aliphatic rings. The number of halogens is 2. The van der Waals surface area contributed by atoms with Crippen LogP contribution in [-0.2, 0) is 0 Å². The van der Waals surface area contributed by atoms with E-state index in [9.17, 15) is 4.79 Å². The molecule has 80 valence electrons. The van der Waals surface area contributed by atoms with Crippen LogP contribution >= 0.6 is 35.0 Å². The van der Waals surface area contributed by atoms with Crippen LogP contribution in [0.3, 0.4) is 0 Å². The maximum atomic E-state index is 12.1. The summed E-state index contributed by atoms with van der Waals surface area (Å²) >= 11 is 13.7. The molecule has 2 rings (SSSR count). The van der Waals surface area contributed by atoms with Crippen LogP contribution in [0.25, 0.3) is 0 Å². The Hall–Kier alpha value is -0.180. The molecule has 0 spiro atoms. The summed E-state index contributed by atoms with van der Waals surface area (Å²) in [7, 11) is 0. The summed E-state index contributed by atoms with van der Waals surface area (Å²) in [5.41, 5.74) is 0.566. The van der Waals surface area contributed by atoms with Crippen LogP contribution in [-0.4, -0.2) is 17.3 Å². The molecule has 1 aliphatic heterocycles. The predicted molar refractivity (Wildman–Crippen MR) is 66.2 cm³/mol. The minimum atomic E-state index is 0.117. The maximum Gasteiger partial charge on any atom is 0.168 e. The van der Waals surface area contributed by atoms with Crippen molar-refractivity contribution < 1.29 is 4.79 Å². The van der Waals surface area contributed by atoms with Crippen LogP contribution in [0.4, 0.5) is 0 Å². The van der Waals surface area contributed by atoms with E-state index in [1.165, 1.54) is 0 Å². The van der Waals surface area contributed by atoms with Gasteiger partial charge < -0.3 is 0 Å². The second-order valence-corrected chi connectivity index (χ2v) is 5.54. The van der Waals surface area contributed by atoms with Gasteiger partial charge in [-0.3, -0.25) is 4.79 Å². The van der Waals surface area contributed by atoms with Gasteiger partial charge in [0.1, 0.15) is 0 Å². The van der Waals surface area contributed by atoms with Crippen LogP contribution in [0.5, 0.6) is 0 Å². The van der Waals surface area contributed by atoms with E-state index in [-0.39, 0.29) is 11.7 Å². The van der Waals surface area contributed by atoms with Gasteiger partial charge in [0.2, 0.25) is 0 Å². The molecule has 1 atom stereocenters. The standard InChI is InChI=1S/C11H10Cl2OS/c12-8-1-2-10(13)9(5-8)11(14)7-3-4-15-6-7/h1-2,5,7H,3-4,6H2. The van der Waals surface area contributed by atoms with Gasteiger partial charge in [0.15, 0.2) is 5.78 Å². The van der Waals surface area contributed by atoms with Gasteiger partial charge in [-0.1, -0.05) is 23.2 Å². The molecule has 4 heteroatoms. The molecule has 0 aromatic heterocycles. The Bertz CT molecular complexity index is 386. The maximum absolute atomic E-state index is 12.1. The number of ketones is 1. The second-order valence-electron chi connectivity index (χ2n) is 3.55. The Morgan fingerprint density at radius 2 is 2.20 bits per heavy atom. The number of hydrogen-bond acceptors (Lipinski definition) is 2. The fraction of sp³-hybridized carbons (Fsp3) is 0.364. The molecule has 1 saturated heterocycles. The van der Waals surface area contributed by atoms with Gasteiger partial charge in [-0.05, 0) is 30.4 Å². The normalized spacial score (nSPS) is 20.5. The average molecular weight is 261 g/mol. The number of thioether (sulfide) groups is 1. The zero-order valence-electron chi connectivity index (χ0n) is 8.00. The van der Waals surface area contributed by atoms with Gasteiger partial charge in [0.05, 0.1) is 5.02 Å². The van der Waals surface area contributed by atoms with Crippen molar-refractivity contribution >= 4 is 40.7 Å². The van der Waals surface area contributed by atoms with Crippen molar-refractivity contribution in [1.82, 2.24) is 0 Å². The molecule has 1 nitrogen and oxygen atoms in total. The Morgan fingerprint density at radius 3 is 2.87 bits per heavy atom. The second kappa shape index (κ2) is 4.77. The molecule has 1 aromatic rings. The lowest BCUT2D eigenvalue weighted by Crippen LogP contribution is -2.14. The monoisotopic (exact) mass is 260 g/mol. The highest BCUT2D eigenvalue weighted by molar-refractivity contribution is 7.99. The topological polar surface area (TPSA) is 17.1 Å². The zero-order chi connectivity index (χ0) is 10.8. The third-order valence-electron chi connectivity index (χ3n) is 2.49. The van der Waals surface area contributed by atoms with E-state index in [1.54, 1.807) is 18.2 Å². The largest absolute Gasteiger partial charge is 0.294 e. The molecule has 1 aromatic carbocycles. The van der Waals surface area contributed by atoms with Gasteiger partial charge in [0, 0.05) is 22.3 Å². The van der Waals surface area contributed by atoms with E-state index in [0.717, 1.165) is 17.9 Å². The number of hydrogen-bond donors (Lipinski definition) is 0. The van der Waals surface area contributed by atoms with Crippen molar-refractivity contribution in [2.24, 2.45) is 5.92 Å². The summed E-state index contributed by atoms with van der Waals surface area (Å²) < 4.78 is 0. The quantitative estimate of drug-likeness (QED) is 0.750. The Balaban J connectivity index is 2.27. The van der Waals surface area contributed by atoms with Crippen molar-refractivity contribution in [1.29, 1.82) is 0 Å². The molecule has 0 aliphatic carbocycles. The van der Waals surface area contributed by atoms with E-state index in [4.69, 9.17) is 23.2 Å². The minimum Gasteiger partial charge on any atom is -0.294 e. The molecular formula is C11H10Cl2OS. The Labute approximate surface area is 103 Å². The van der Waals surface area contributed by atoms with Gasteiger partial charge in [0.25, 0.3) is 0 Å². The molecular weight excluding hydrogens is 251 g/mol. The van der Waals surface area contributed by atoms with Crippen molar-refractivity contribution in [2.45, 2.75) is 6.42 Å². The predicted octanol–water partition coefficient (Wildman–Crippen LogP) is 3.93. The lowest BCUT2D eigenvalue weighted by molar-refractivity contribution is 0.0934. The number of carbonyl (C=O) groups is 1. The van der Waals surface area contributed by atoms with Gasteiger partial charge in [-0.2, -0.15) is 11.8 Å². The summed E-state index contributed by atoms with van der Waals surface area (Å²) in [5.74, 6) is 2.22. The van der Waals surface area contributed by atoms with Crippen LogP contribution in [0.1, 0.15) is 16.8 Å². The van der Waals surface area contributed by atoms with E-state index >= 15 is 0 Å². The molecule has 0 N–H and O–H groups in total. The van der Waals surface area contributed by atoms with Crippen molar-refractivity contribution in [3.8, 4) is 0 Å². The first-order valence-corrected chi connectivity index (χ1v) is 6.66. The van der Waals surface area contributed by atoms with Gasteiger partial charge >= 0.3 is 0 Å². The molecule has 0 radical (unpaired) electrons. The van der Waals surface area contributed by atoms with Crippen molar-refractivity contribution in [2.75, 3.05) is 11.5 Å². The van der Waals surface area contributed by atoms with Crippen molar-refractivity contribution in [3.05, 3.63) is 33.8 Å². The summed E-state index contributed by atoms with van der Waals surface area (Å²) in [4.78, 5) is 12.1. The first-order valence-electron chi connectivity index (χ1n) is 4.75. The van der Waals surface area contributed by atoms with Crippen LogP contribution in [0.2, 0.25) is 10.0 Å². The highest BCUT2D eigenvalue weighted by Gasteiger charge is 2.25. The van der Waals surface area contributed by atoms with E-state index in [2.05, 4.69) is 0 Å². The third-order valence-corrected chi connectivity index (χ3v) is 4.22. The van der Waals surface area contributed by atoms with Gasteiger partial charge in [-0.15, -0.1) is 0 Å². The molecule has 0 saturated carbocycles. The van der Waals surface area contributed by atoms with E-state index in [0.29, 0.717) is 15.6 Å². The fourth-order valence-corrected chi connectivity index (χ4v) is 3.25. The van der Waals surface area contributed by atoms with Crippen LogP contribution in [0.15, 0.2) is 18.2 Å². The molecule has 1 heterocycles. The van der Waals surface area contributed by atoms with E-state index < -0.39 is 0 Å². The van der Waals surface area contributed by atoms with E-state index in [1.807, 2.05) is 11.8 Å². The smallest absolute Gasteiger partial charge is 0.168 e. The zero-order valence-corrected chi connectivity index (χ0v) is 10.3. The number of Topliss-reactive ketones (excluding diaryl/α,β-unsaturated/α-hetero) is 1. The fourth-order valence-electron chi connectivity index (χ4n) is 1.65. The number of benzene rings is 1. The third kappa shape index (κ3) is 2.49. The molecule has 1 unspecified atom stereocenters. The molecule has 0 bridgehead atoms. The SMILES string of the molecule is O=C(c1cc(Cl)ccc1Cl)C1CCSC1. The molecule has 1 fully saturated rings. The summed E-state index contributed by atoms with van der Waals surface area (Å²) in [5, 5.41) is 1.06. The summed E-state index contributed by atoms with van der Waals surface area (Å²) in [6, 6.07) is 5.04. The first-order chi connectivity index (χ1) is 7.18. The molecule has 15 heavy (non-hydrogen) atoms. The average Bonchev–Trinajstić information content (AvgIpc) is 2.74. The lowest BCUT2D eigenvalue weighted by Gasteiger charge is -2.08. The van der Waals surface area contributed by atoms with Crippen molar-refractivity contribution in [3.63, 3.8) is 0 Å². The summed E-state index contributed by atoms with van der Waals surface area (Å²) in [6.07, 6.45) is 0.951. The highest BCUT2D eigenvalue weighted by atomic mass is 35.5. The summed E-state index contributed by atoms with van der Waals surface area (Å²) in [6.45, 7) is 0. The highest BCUT2D eigenvalue weighted by Crippen LogP contribution is 2.30. The Morgan fingerprint density at radius 1 is 1.40 bits per heavy atom. The van der Waals surface area contributed by atoms with Crippen LogP contribution < -0.4 is 0 Å². The first kappa shape index (κ1) is 11.3. The lowest BCUT2D eigenvalue weighted by atomic mass is 9.97.